The molecular formula is C6H12N2O2S2Se2. The van der Waals surface area contributed by atoms with Gasteiger partial charge in [0.2, 0.25) is 0 Å². The standard InChI is InChI=1S/2C3H6NOSSe/c2*4-2(1-6)3(5)7/h2*2,6H,1,4H2. The Kier molecular flexibility index (Phi) is 13.1. The van der Waals surface area contributed by atoms with E-state index in [9.17, 15) is 9.59 Å². The van der Waals surface area contributed by atoms with Crippen LogP contribution < -0.4 is 11.5 Å². The number of nitrogens with two attached hydrogens (primary N) is 2. The third-order valence-electron chi connectivity index (χ3n) is 0.999. The summed E-state index contributed by atoms with van der Waals surface area (Å²) < 4.78 is -0.259. The predicted molar refractivity (Wildman–Crippen MR) is 65.2 cm³/mol. The molecule has 0 aromatic heterocycles. The van der Waals surface area contributed by atoms with Crippen molar-refractivity contribution in [3.8, 4) is 0 Å². The fourth-order valence-corrected chi connectivity index (χ4v) is 1.39. The van der Waals surface area contributed by atoms with Gasteiger partial charge in [0.25, 0.3) is 0 Å². The van der Waals surface area contributed by atoms with Crippen LogP contribution in [-0.4, -0.2) is 65.0 Å². The average molecular weight is 366 g/mol. The molecule has 0 bridgehead atoms. The van der Waals surface area contributed by atoms with E-state index in [0.717, 1.165) is 0 Å². The van der Waals surface area contributed by atoms with Crippen LogP contribution in [0.3, 0.4) is 0 Å². The molecule has 0 aliphatic heterocycles. The van der Waals surface area contributed by atoms with Gasteiger partial charge in [0.15, 0.2) is 0 Å². The van der Waals surface area contributed by atoms with Gasteiger partial charge in [-0.25, -0.2) is 0 Å². The van der Waals surface area contributed by atoms with E-state index in [1.807, 2.05) is 0 Å². The minimum absolute atomic E-state index is 0.130. The second-order valence-electron chi connectivity index (χ2n) is 2.22. The van der Waals surface area contributed by atoms with Gasteiger partial charge in [-0.05, 0) is 0 Å². The van der Waals surface area contributed by atoms with Crippen LogP contribution in [0.1, 0.15) is 0 Å². The summed E-state index contributed by atoms with van der Waals surface area (Å²) in [5, 5.41) is 0. The first-order chi connectivity index (χ1) is 6.36. The first kappa shape index (κ1) is 17.4. The number of hydrogen-bond donors (Lipinski definition) is 4. The number of rotatable bonds is 4. The molecule has 2 radical (unpaired) electrons. The van der Waals surface area contributed by atoms with Crippen molar-refractivity contribution in [1.82, 2.24) is 0 Å². The maximum absolute atomic E-state index is 10.1. The second-order valence-corrected chi connectivity index (χ2v) is 4.63. The summed E-state index contributed by atoms with van der Waals surface area (Å²) in [5.41, 5.74) is 10.3. The number of carbonyl (C=O) groups excluding carboxylic acids is 2. The molecule has 82 valence electrons. The third-order valence-corrected chi connectivity index (χ3v) is 3.06. The molecule has 0 saturated heterocycles. The molecule has 0 aromatic rings. The van der Waals surface area contributed by atoms with Crippen molar-refractivity contribution in [1.29, 1.82) is 0 Å². The molecule has 0 fully saturated rings. The molecule has 0 aliphatic rings. The molecule has 8 heteroatoms. The Bertz CT molecular complexity index is 175. The van der Waals surface area contributed by atoms with E-state index in [1.54, 1.807) is 0 Å². The summed E-state index contributed by atoms with van der Waals surface area (Å²) >= 11 is 12.1. The molecule has 4 N–H and O–H groups in total. The normalized spacial score (nSPS) is 13.4. The summed E-state index contributed by atoms with van der Waals surface area (Å²) in [5.74, 6) is 0.817. The Morgan fingerprint density at radius 1 is 1.00 bits per heavy atom. The Morgan fingerprint density at radius 2 is 1.21 bits per heavy atom. The summed E-state index contributed by atoms with van der Waals surface area (Å²) in [6.45, 7) is 0. The molecule has 0 amide bonds. The van der Waals surface area contributed by atoms with E-state index >= 15 is 0 Å². The molecule has 0 heterocycles. The van der Waals surface area contributed by atoms with Gasteiger partial charge in [-0.1, -0.05) is 0 Å². The van der Waals surface area contributed by atoms with E-state index < -0.39 is 12.1 Å². The van der Waals surface area contributed by atoms with Gasteiger partial charge in [0, 0.05) is 0 Å². The molecule has 0 aliphatic carbocycles. The second kappa shape index (κ2) is 10.5. The van der Waals surface area contributed by atoms with Crippen molar-refractivity contribution >= 4 is 66.6 Å². The first-order valence-electron chi connectivity index (χ1n) is 3.51. The summed E-state index contributed by atoms with van der Waals surface area (Å²) in [4.78, 5) is 20.3. The van der Waals surface area contributed by atoms with Gasteiger partial charge in [-0.3, -0.25) is 0 Å². The van der Waals surface area contributed by atoms with E-state index in [4.69, 9.17) is 11.5 Å². The molecule has 2 unspecified atom stereocenters. The molecule has 0 saturated carbocycles. The molecule has 14 heavy (non-hydrogen) atoms. The van der Waals surface area contributed by atoms with E-state index in [-0.39, 0.29) is 9.36 Å². The van der Waals surface area contributed by atoms with E-state index in [0.29, 0.717) is 11.5 Å². The van der Waals surface area contributed by atoms with E-state index in [1.165, 1.54) is 0 Å². The molecule has 0 aromatic carbocycles. The van der Waals surface area contributed by atoms with Crippen LogP contribution in [-0.2, 0) is 9.59 Å². The summed E-state index contributed by atoms with van der Waals surface area (Å²) in [7, 11) is 0. The Labute approximate surface area is 111 Å². The summed E-state index contributed by atoms with van der Waals surface area (Å²) in [6, 6.07) is -0.855. The first-order valence-corrected chi connectivity index (χ1v) is 6.49. The quantitative estimate of drug-likeness (QED) is 0.339. The Morgan fingerprint density at radius 3 is 1.21 bits per heavy atom. The van der Waals surface area contributed by atoms with Gasteiger partial charge in [-0.15, -0.1) is 0 Å². The number of thiol groups is 2. The van der Waals surface area contributed by atoms with E-state index in [2.05, 4.69) is 57.3 Å². The van der Waals surface area contributed by atoms with Crippen LogP contribution in [0.25, 0.3) is 0 Å². The van der Waals surface area contributed by atoms with Crippen LogP contribution in [0.5, 0.6) is 0 Å². The van der Waals surface area contributed by atoms with Crippen molar-refractivity contribution in [2.45, 2.75) is 12.1 Å². The maximum atomic E-state index is 10.1. The average Bonchev–Trinajstić information content (AvgIpc) is 2.15. The zero-order valence-corrected chi connectivity index (χ0v) is 12.5. The monoisotopic (exact) mass is 368 g/mol. The van der Waals surface area contributed by atoms with Gasteiger partial charge in [0.1, 0.15) is 0 Å². The zero-order valence-electron chi connectivity index (χ0n) is 7.25. The molecule has 4 nitrogen and oxygen atoms in total. The van der Waals surface area contributed by atoms with Crippen LogP contribution in [0.2, 0.25) is 0 Å². The van der Waals surface area contributed by atoms with Gasteiger partial charge in [0.05, 0.1) is 0 Å². The number of hydrogen-bond acceptors (Lipinski definition) is 6. The van der Waals surface area contributed by atoms with Gasteiger partial charge in [-0.2, -0.15) is 0 Å². The van der Waals surface area contributed by atoms with Crippen LogP contribution in [0.4, 0.5) is 0 Å². The minimum atomic E-state index is -0.427. The van der Waals surface area contributed by atoms with Crippen LogP contribution in [0.15, 0.2) is 0 Å². The fourth-order valence-electron chi connectivity index (χ4n) is 0.149. The third kappa shape index (κ3) is 11.1. The van der Waals surface area contributed by atoms with Crippen molar-refractivity contribution in [2.24, 2.45) is 11.5 Å². The van der Waals surface area contributed by atoms with Gasteiger partial charge < -0.3 is 0 Å². The van der Waals surface area contributed by atoms with Gasteiger partial charge >= 0.3 is 111 Å². The Hall–Kier alpha value is 0.999. The predicted octanol–water partition coefficient (Wildman–Crippen LogP) is -2.12. The topological polar surface area (TPSA) is 86.2 Å². The van der Waals surface area contributed by atoms with Crippen molar-refractivity contribution in [3.05, 3.63) is 0 Å². The Balaban J connectivity index is 0. The fraction of sp³-hybridized carbons (Fsp3) is 0.667. The summed E-state index contributed by atoms with van der Waals surface area (Å²) in [6.07, 6.45) is 0. The SMILES string of the molecule is NC(CS)C(=O)[Se].NC(CS)C(=O)[Se]. The molecule has 0 rings (SSSR count). The molecule has 0 spiro atoms. The molecule has 2 atom stereocenters. The van der Waals surface area contributed by atoms with Crippen molar-refractivity contribution < 1.29 is 9.59 Å². The van der Waals surface area contributed by atoms with Crippen molar-refractivity contribution in [3.63, 3.8) is 0 Å². The zero-order chi connectivity index (χ0) is 11.7. The van der Waals surface area contributed by atoms with Crippen LogP contribution in [0, 0.1) is 0 Å². The van der Waals surface area contributed by atoms with Crippen LogP contribution >= 0.6 is 25.3 Å². The molecular weight excluding hydrogens is 354 g/mol. The number of carbonyl (C=O) groups is 2. The van der Waals surface area contributed by atoms with Crippen molar-refractivity contribution in [2.75, 3.05) is 11.5 Å².